The Bertz CT molecular complexity index is 1070. The van der Waals surface area contributed by atoms with Crippen LogP contribution in [0.2, 0.25) is 0 Å². The second-order valence-electron chi connectivity index (χ2n) is 7.40. The van der Waals surface area contributed by atoms with Crippen molar-refractivity contribution in [3.63, 3.8) is 0 Å². The molecule has 1 aromatic carbocycles. The first-order valence-corrected chi connectivity index (χ1v) is 9.55. The number of allylic oxidation sites excluding steroid dienone is 1. The maximum Gasteiger partial charge on any atom is 0.416 e. The van der Waals surface area contributed by atoms with E-state index >= 15 is 0 Å². The number of ether oxygens (including phenoxy) is 1. The average molecular weight is 425 g/mol. The van der Waals surface area contributed by atoms with Crippen LogP contribution in [0.5, 0.6) is 0 Å². The summed E-state index contributed by atoms with van der Waals surface area (Å²) in [6.45, 7) is 0.120. The predicted octanol–water partition coefficient (Wildman–Crippen LogP) is 3.13. The molecule has 0 amide bonds. The molecule has 31 heavy (non-hydrogen) atoms. The van der Waals surface area contributed by atoms with Gasteiger partial charge in [0, 0.05) is 18.3 Å². The molecule has 0 spiro atoms. The molecule has 1 N–H and O–H groups in total. The van der Waals surface area contributed by atoms with Gasteiger partial charge in [-0.25, -0.2) is 0 Å². The third-order valence-electron chi connectivity index (χ3n) is 5.29. The number of rotatable bonds is 4. The monoisotopic (exact) mass is 425 g/mol. The van der Waals surface area contributed by atoms with Crippen molar-refractivity contribution in [3.05, 3.63) is 77.3 Å². The Morgan fingerprint density at radius 3 is 2.90 bits per heavy atom. The van der Waals surface area contributed by atoms with Crippen LogP contribution < -0.4 is 5.46 Å². The fourth-order valence-electron chi connectivity index (χ4n) is 3.70. The molecule has 1 aliphatic heterocycles. The van der Waals surface area contributed by atoms with Crippen molar-refractivity contribution in [2.24, 2.45) is 5.92 Å². The standard InChI is InChI=1S/C22H17BF3N2O3/c24-22(25,26)16-6-5-15-9-19(31-23-18(15)10-16)17-4-1-7-21(29,13-27)20(17)30-12-14-3-2-8-28-11-14/h1-3,5-11,17,20,29H,4,12H2. The van der Waals surface area contributed by atoms with E-state index in [4.69, 9.17) is 9.39 Å². The molecule has 1 aromatic heterocycles. The zero-order chi connectivity index (χ0) is 22.1. The maximum absolute atomic E-state index is 13.0. The molecular weight excluding hydrogens is 408 g/mol. The summed E-state index contributed by atoms with van der Waals surface area (Å²) in [6.07, 6.45) is 2.97. The lowest BCUT2D eigenvalue weighted by atomic mass is 9.75. The van der Waals surface area contributed by atoms with Crippen LogP contribution in [0.4, 0.5) is 13.2 Å². The number of benzene rings is 1. The molecule has 9 heteroatoms. The average Bonchev–Trinajstić information content (AvgIpc) is 2.77. The molecule has 4 rings (SSSR count). The van der Waals surface area contributed by atoms with E-state index in [1.165, 1.54) is 19.6 Å². The fourth-order valence-corrected chi connectivity index (χ4v) is 3.70. The molecule has 2 aliphatic rings. The maximum atomic E-state index is 13.0. The zero-order valence-electron chi connectivity index (χ0n) is 16.2. The lowest BCUT2D eigenvalue weighted by Gasteiger charge is -2.38. The van der Waals surface area contributed by atoms with Crippen molar-refractivity contribution < 1.29 is 27.7 Å². The molecule has 5 nitrogen and oxygen atoms in total. The van der Waals surface area contributed by atoms with Gasteiger partial charge in [-0.2, -0.15) is 18.4 Å². The van der Waals surface area contributed by atoms with Gasteiger partial charge in [0.15, 0.2) is 5.60 Å². The third-order valence-corrected chi connectivity index (χ3v) is 5.29. The highest BCUT2D eigenvalue weighted by molar-refractivity contribution is 6.49. The minimum atomic E-state index is -4.45. The van der Waals surface area contributed by atoms with Crippen LogP contribution in [0.3, 0.4) is 0 Å². The van der Waals surface area contributed by atoms with Crippen molar-refractivity contribution in [1.29, 1.82) is 5.26 Å². The van der Waals surface area contributed by atoms with Gasteiger partial charge in [0.05, 0.1) is 17.9 Å². The van der Waals surface area contributed by atoms with Crippen LogP contribution in [-0.4, -0.2) is 29.3 Å². The second-order valence-corrected chi connectivity index (χ2v) is 7.40. The normalized spacial score (nSPS) is 24.9. The Morgan fingerprint density at radius 1 is 1.35 bits per heavy atom. The Morgan fingerprint density at radius 2 is 2.19 bits per heavy atom. The highest BCUT2D eigenvalue weighted by Gasteiger charge is 2.45. The number of nitriles is 1. The van der Waals surface area contributed by atoms with Crippen molar-refractivity contribution in [1.82, 2.24) is 4.98 Å². The van der Waals surface area contributed by atoms with Gasteiger partial charge in [-0.05, 0) is 47.3 Å². The first-order chi connectivity index (χ1) is 14.8. The van der Waals surface area contributed by atoms with Crippen molar-refractivity contribution in [2.75, 3.05) is 0 Å². The van der Waals surface area contributed by atoms with E-state index in [0.717, 1.165) is 17.7 Å². The number of aromatic nitrogens is 1. The lowest BCUT2D eigenvalue weighted by Crippen LogP contribution is -2.49. The van der Waals surface area contributed by atoms with Crippen LogP contribution in [0.1, 0.15) is 23.1 Å². The molecular formula is C22H17BF3N2O3. The number of aliphatic hydroxyl groups is 1. The van der Waals surface area contributed by atoms with E-state index < -0.39 is 29.4 Å². The zero-order valence-corrected chi connectivity index (χ0v) is 16.2. The van der Waals surface area contributed by atoms with Crippen LogP contribution in [0.15, 0.2) is 60.6 Å². The number of hydrogen-bond acceptors (Lipinski definition) is 5. The van der Waals surface area contributed by atoms with Gasteiger partial charge in [-0.3, -0.25) is 4.98 Å². The van der Waals surface area contributed by atoms with E-state index in [2.05, 4.69) is 4.98 Å². The molecule has 2 heterocycles. The van der Waals surface area contributed by atoms with Crippen LogP contribution in [-0.2, 0) is 22.2 Å². The number of nitrogens with zero attached hydrogens (tertiary/aromatic N) is 2. The highest BCUT2D eigenvalue weighted by atomic mass is 19.4. The van der Waals surface area contributed by atoms with Gasteiger partial charge in [0.2, 0.25) is 0 Å². The summed E-state index contributed by atoms with van der Waals surface area (Å²) >= 11 is 0. The number of hydrogen-bond donors (Lipinski definition) is 1. The first kappa shape index (κ1) is 21.2. The quantitative estimate of drug-likeness (QED) is 0.463. The van der Waals surface area contributed by atoms with Gasteiger partial charge >= 0.3 is 13.7 Å². The van der Waals surface area contributed by atoms with E-state index in [0.29, 0.717) is 23.2 Å². The van der Waals surface area contributed by atoms with Crippen LogP contribution in [0.25, 0.3) is 6.08 Å². The summed E-state index contributed by atoms with van der Waals surface area (Å²) in [5.74, 6) is -0.112. The predicted molar refractivity (Wildman–Crippen MR) is 107 cm³/mol. The minimum absolute atomic E-state index is 0.120. The second kappa shape index (κ2) is 8.21. The first-order valence-electron chi connectivity index (χ1n) is 9.55. The summed E-state index contributed by atoms with van der Waals surface area (Å²) in [4.78, 5) is 4.02. The molecule has 0 bridgehead atoms. The van der Waals surface area contributed by atoms with E-state index in [9.17, 15) is 23.5 Å². The smallest absolute Gasteiger partial charge is 0.416 e. The summed E-state index contributed by atoms with van der Waals surface area (Å²) < 4.78 is 50.5. The third kappa shape index (κ3) is 4.36. The van der Waals surface area contributed by atoms with E-state index in [1.54, 1.807) is 30.6 Å². The fraction of sp³-hybridized carbons (Fsp3) is 0.273. The number of halogens is 3. The van der Waals surface area contributed by atoms with E-state index in [-0.39, 0.29) is 6.61 Å². The molecule has 0 saturated heterocycles. The minimum Gasteiger partial charge on any atom is -0.560 e. The summed E-state index contributed by atoms with van der Waals surface area (Å²) in [5, 5.41) is 20.4. The van der Waals surface area contributed by atoms with Gasteiger partial charge in [0.1, 0.15) is 12.2 Å². The molecule has 3 unspecified atom stereocenters. The molecule has 3 atom stereocenters. The largest absolute Gasteiger partial charge is 0.560 e. The number of pyridine rings is 1. The van der Waals surface area contributed by atoms with Gasteiger partial charge < -0.3 is 14.5 Å². The lowest BCUT2D eigenvalue weighted by molar-refractivity contribution is -0.137. The van der Waals surface area contributed by atoms with Gasteiger partial charge in [-0.15, -0.1) is 0 Å². The Labute approximate surface area is 177 Å². The van der Waals surface area contributed by atoms with Crippen molar-refractivity contribution in [3.8, 4) is 6.07 Å². The number of fused-ring (bicyclic) bond motifs is 1. The van der Waals surface area contributed by atoms with Gasteiger partial charge in [-0.1, -0.05) is 24.3 Å². The Balaban J connectivity index is 1.62. The molecule has 0 fully saturated rings. The topological polar surface area (TPSA) is 75.4 Å². The molecule has 0 saturated carbocycles. The highest BCUT2D eigenvalue weighted by Crippen LogP contribution is 2.37. The van der Waals surface area contributed by atoms with Crippen molar-refractivity contribution in [2.45, 2.75) is 30.9 Å². The van der Waals surface area contributed by atoms with Crippen LogP contribution >= 0.6 is 0 Å². The molecule has 2 aromatic rings. The summed E-state index contributed by atoms with van der Waals surface area (Å²) in [6, 6.07) is 8.85. The SMILES string of the molecule is N#CC1(O)C=CCC(C2=Cc3ccc(C(F)(F)F)cc3[B]O2)C1OCc1cccnc1. The number of alkyl halides is 3. The van der Waals surface area contributed by atoms with E-state index in [1.807, 2.05) is 12.1 Å². The summed E-state index contributed by atoms with van der Waals surface area (Å²) in [7, 11) is 1.25. The van der Waals surface area contributed by atoms with Crippen molar-refractivity contribution >= 4 is 19.0 Å². The van der Waals surface area contributed by atoms with Crippen LogP contribution in [0, 0.1) is 17.2 Å². The summed E-state index contributed by atoms with van der Waals surface area (Å²) in [5.41, 5.74) is -1.02. The molecule has 1 aliphatic carbocycles. The molecule has 157 valence electrons. The molecule has 1 radical (unpaired) electrons. The van der Waals surface area contributed by atoms with Gasteiger partial charge in [0.25, 0.3) is 0 Å². The Hall–Kier alpha value is -3.09. The Kier molecular flexibility index (Phi) is 5.61.